The number of rotatable bonds is 6. The molecular weight excluding hydrogens is 396 g/mol. The predicted octanol–water partition coefficient (Wildman–Crippen LogP) is 1.70. The molecule has 2 aromatic rings. The van der Waals surface area contributed by atoms with E-state index in [4.69, 9.17) is 4.52 Å². The van der Waals surface area contributed by atoms with Gasteiger partial charge >= 0.3 is 0 Å². The Balaban J connectivity index is 1.79. The Hall–Kier alpha value is -1.43. The average molecular weight is 417 g/mol. The van der Waals surface area contributed by atoms with Gasteiger partial charge in [-0.1, -0.05) is 12.1 Å². The maximum Gasteiger partial charge on any atom is 0.265 e. The van der Waals surface area contributed by atoms with Gasteiger partial charge in [0.15, 0.2) is 5.82 Å². The highest BCUT2D eigenvalue weighted by molar-refractivity contribution is 7.99. The van der Waals surface area contributed by atoms with Gasteiger partial charge < -0.3 is 9.42 Å². The predicted molar refractivity (Wildman–Crippen MR) is 99.9 cm³/mol. The average Bonchev–Trinajstić information content (AvgIpc) is 3.31. The van der Waals surface area contributed by atoms with E-state index in [-0.39, 0.29) is 22.2 Å². The Morgan fingerprint density at radius 2 is 2.12 bits per heavy atom. The van der Waals surface area contributed by atoms with Crippen molar-refractivity contribution in [3.63, 3.8) is 0 Å². The van der Waals surface area contributed by atoms with Crippen LogP contribution in [0.4, 0.5) is 0 Å². The van der Waals surface area contributed by atoms with Gasteiger partial charge in [-0.25, -0.2) is 8.42 Å². The van der Waals surface area contributed by atoms with Gasteiger partial charge in [0.2, 0.25) is 15.9 Å². The molecule has 1 amide bonds. The smallest absolute Gasteiger partial charge is 0.265 e. The van der Waals surface area contributed by atoms with Crippen LogP contribution in [0.15, 0.2) is 20.9 Å². The molecule has 2 aromatic heterocycles. The number of amides is 1. The number of nitrogens with zero attached hydrogens (tertiary/aromatic N) is 4. The highest BCUT2D eigenvalue weighted by Gasteiger charge is 2.32. The second-order valence-corrected chi connectivity index (χ2v) is 9.80. The normalized spacial score (nSPS) is 15.9. The Morgan fingerprint density at radius 3 is 2.77 bits per heavy atom. The molecule has 0 aliphatic carbocycles. The lowest BCUT2D eigenvalue weighted by Gasteiger charge is -2.26. The summed E-state index contributed by atoms with van der Waals surface area (Å²) in [4.78, 5) is 18.7. The minimum absolute atomic E-state index is 0.0750. The van der Waals surface area contributed by atoms with E-state index < -0.39 is 10.0 Å². The van der Waals surface area contributed by atoms with Crippen LogP contribution < -0.4 is 0 Å². The third-order valence-electron chi connectivity index (χ3n) is 3.96. The monoisotopic (exact) mass is 416 g/mol. The van der Waals surface area contributed by atoms with E-state index >= 15 is 0 Å². The summed E-state index contributed by atoms with van der Waals surface area (Å²) in [6.45, 7) is 2.97. The topological polar surface area (TPSA) is 96.6 Å². The Morgan fingerprint density at radius 1 is 1.38 bits per heavy atom. The highest BCUT2D eigenvalue weighted by Crippen LogP contribution is 2.28. The second kappa shape index (κ2) is 8.07. The third-order valence-corrected chi connectivity index (χ3v) is 7.87. The molecule has 1 aliphatic rings. The van der Waals surface area contributed by atoms with E-state index in [2.05, 4.69) is 10.1 Å². The lowest BCUT2D eigenvalue weighted by atomic mass is 10.4. The van der Waals surface area contributed by atoms with Crippen molar-refractivity contribution in [1.82, 2.24) is 19.3 Å². The maximum atomic E-state index is 12.9. The minimum atomic E-state index is -3.67. The molecule has 1 aliphatic heterocycles. The molecule has 8 nitrogen and oxygen atoms in total. The van der Waals surface area contributed by atoms with Gasteiger partial charge in [0.25, 0.3) is 5.91 Å². The summed E-state index contributed by atoms with van der Waals surface area (Å²) in [7, 11) is -2.08. The van der Waals surface area contributed by atoms with E-state index in [9.17, 15) is 13.2 Å². The van der Waals surface area contributed by atoms with Crippen LogP contribution in [0.2, 0.25) is 0 Å². The van der Waals surface area contributed by atoms with Gasteiger partial charge in [0.05, 0.1) is 0 Å². The molecular formula is C15H20N4O4S3. The molecule has 0 N–H and O–H groups in total. The van der Waals surface area contributed by atoms with E-state index in [1.54, 1.807) is 24.2 Å². The summed E-state index contributed by atoms with van der Waals surface area (Å²) in [5, 5.41) is 5.44. The number of sulfonamides is 1. The molecule has 1 fully saturated rings. The van der Waals surface area contributed by atoms with Crippen LogP contribution in [0.3, 0.4) is 0 Å². The summed E-state index contributed by atoms with van der Waals surface area (Å²) >= 11 is 2.86. The lowest BCUT2D eigenvalue weighted by Crippen LogP contribution is -2.38. The van der Waals surface area contributed by atoms with Gasteiger partial charge in [0, 0.05) is 38.1 Å². The van der Waals surface area contributed by atoms with Crippen LogP contribution in [0.25, 0.3) is 0 Å². The highest BCUT2D eigenvalue weighted by atomic mass is 32.2. The molecule has 11 heteroatoms. The fourth-order valence-electron chi connectivity index (χ4n) is 2.53. The first-order chi connectivity index (χ1) is 12.4. The van der Waals surface area contributed by atoms with Crippen molar-refractivity contribution >= 4 is 39.0 Å². The number of thioether (sulfide) groups is 1. The third kappa shape index (κ3) is 3.95. The molecule has 0 spiro atoms. The van der Waals surface area contributed by atoms with Gasteiger partial charge in [0.1, 0.15) is 16.3 Å². The number of hydrogen-bond donors (Lipinski definition) is 0. The number of carbonyl (C=O) groups is 1. The summed E-state index contributed by atoms with van der Waals surface area (Å²) in [6, 6.07) is 1.50. The SMILES string of the molecule is CCc1noc(CN(C)C(=O)c2sccc2S(=O)(=O)N2CCSCC2)n1. The van der Waals surface area contributed by atoms with Crippen molar-refractivity contribution < 1.29 is 17.7 Å². The van der Waals surface area contributed by atoms with E-state index in [1.165, 1.54) is 15.3 Å². The number of aromatic nitrogens is 2. The molecule has 1 saturated heterocycles. The largest absolute Gasteiger partial charge is 0.337 e. The number of carbonyl (C=O) groups excluding carboxylic acids is 1. The molecule has 142 valence electrons. The van der Waals surface area contributed by atoms with Crippen LogP contribution >= 0.6 is 23.1 Å². The van der Waals surface area contributed by atoms with Crippen LogP contribution in [0.5, 0.6) is 0 Å². The molecule has 3 heterocycles. The molecule has 0 aromatic carbocycles. The Bertz CT molecular complexity index is 871. The summed E-state index contributed by atoms with van der Waals surface area (Å²) in [5.41, 5.74) is 0. The van der Waals surface area contributed by atoms with E-state index in [1.807, 2.05) is 6.92 Å². The first-order valence-corrected chi connectivity index (χ1v) is 11.6. The van der Waals surface area contributed by atoms with Crippen molar-refractivity contribution in [2.24, 2.45) is 0 Å². The fraction of sp³-hybridized carbons (Fsp3) is 0.533. The zero-order valence-electron chi connectivity index (χ0n) is 14.5. The number of aryl methyl sites for hydroxylation is 1. The fourth-order valence-corrected chi connectivity index (χ4v) is 6.49. The van der Waals surface area contributed by atoms with Crippen molar-refractivity contribution in [3.8, 4) is 0 Å². The van der Waals surface area contributed by atoms with Gasteiger partial charge in [-0.3, -0.25) is 4.79 Å². The molecule has 0 atom stereocenters. The summed E-state index contributed by atoms with van der Waals surface area (Å²) in [5.74, 6) is 2.06. The van der Waals surface area contributed by atoms with Crippen molar-refractivity contribution in [3.05, 3.63) is 28.0 Å². The number of thiophene rings is 1. The first-order valence-electron chi connectivity index (χ1n) is 8.15. The maximum absolute atomic E-state index is 12.9. The Labute approximate surface area is 160 Å². The molecule has 0 unspecified atom stereocenters. The molecule has 3 rings (SSSR count). The summed E-state index contributed by atoms with van der Waals surface area (Å²) < 4.78 is 32.4. The van der Waals surface area contributed by atoms with Gasteiger partial charge in [-0.2, -0.15) is 21.1 Å². The van der Waals surface area contributed by atoms with Crippen LogP contribution in [0.1, 0.15) is 28.3 Å². The first kappa shape index (κ1) is 19.3. The number of hydrogen-bond acceptors (Lipinski definition) is 8. The standard InChI is InChI=1S/C15H20N4O4S3/c1-3-12-16-13(23-17-12)10-18(2)15(20)14-11(4-7-25-14)26(21,22)19-5-8-24-9-6-19/h4,7H,3,5-6,8-10H2,1-2H3. The van der Waals surface area contributed by atoms with E-state index in [0.717, 1.165) is 22.8 Å². The molecule has 0 radical (unpaired) electrons. The van der Waals surface area contributed by atoms with Gasteiger partial charge in [-0.15, -0.1) is 11.3 Å². The molecule has 0 saturated carbocycles. The van der Waals surface area contributed by atoms with Gasteiger partial charge in [-0.05, 0) is 11.4 Å². The summed E-state index contributed by atoms with van der Waals surface area (Å²) in [6.07, 6.45) is 0.641. The lowest BCUT2D eigenvalue weighted by molar-refractivity contribution is 0.0770. The zero-order valence-corrected chi connectivity index (χ0v) is 17.0. The van der Waals surface area contributed by atoms with Crippen LogP contribution in [0, 0.1) is 0 Å². The second-order valence-electron chi connectivity index (χ2n) is 5.75. The zero-order chi connectivity index (χ0) is 18.7. The van der Waals surface area contributed by atoms with Crippen LogP contribution in [-0.2, 0) is 23.0 Å². The molecule has 26 heavy (non-hydrogen) atoms. The molecule has 0 bridgehead atoms. The minimum Gasteiger partial charge on any atom is -0.337 e. The van der Waals surface area contributed by atoms with Crippen molar-refractivity contribution in [2.45, 2.75) is 24.8 Å². The van der Waals surface area contributed by atoms with E-state index in [0.29, 0.717) is 31.2 Å². The van der Waals surface area contributed by atoms with Crippen molar-refractivity contribution in [2.75, 3.05) is 31.6 Å². The Kier molecular flexibility index (Phi) is 6.00. The quantitative estimate of drug-likeness (QED) is 0.707. The van der Waals surface area contributed by atoms with Crippen molar-refractivity contribution in [1.29, 1.82) is 0 Å². The van der Waals surface area contributed by atoms with Crippen LogP contribution in [-0.4, -0.2) is 65.3 Å².